The summed E-state index contributed by atoms with van der Waals surface area (Å²) in [5.41, 5.74) is 6.67. The first-order chi connectivity index (χ1) is 8.15. The summed E-state index contributed by atoms with van der Waals surface area (Å²) < 4.78 is 10.2. The molecule has 0 bridgehead atoms. The van der Waals surface area contributed by atoms with E-state index < -0.39 is 0 Å². The third-order valence-electron chi connectivity index (χ3n) is 2.35. The van der Waals surface area contributed by atoms with Gasteiger partial charge in [0.1, 0.15) is 12.7 Å². The number of carbonyl (C=O) groups is 1. The van der Waals surface area contributed by atoms with Gasteiger partial charge in [-0.2, -0.15) is 0 Å². The number of hydrogen-bond acceptors (Lipinski definition) is 4. The van der Waals surface area contributed by atoms with Crippen molar-refractivity contribution in [2.45, 2.75) is 6.10 Å². The third-order valence-corrected chi connectivity index (χ3v) is 2.58. The van der Waals surface area contributed by atoms with E-state index in [4.69, 9.17) is 26.8 Å². The molecule has 1 aliphatic heterocycles. The maximum absolute atomic E-state index is 11.5. The van der Waals surface area contributed by atoms with Crippen molar-refractivity contribution in [1.82, 2.24) is 0 Å². The largest absolute Gasteiger partial charge is 0.397 e. The predicted molar refractivity (Wildman–Crippen MR) is 65.1 cm³/mol. The van der Waals surface area contributed by atoms with Gasteiger partial charge in [0.25, 0.3) is 0 Å². The van der Waals surface area contributed by atoms with Crippen LogP contribution >= 0.6 is 11.6 Å². The van der Waals surface area contributed by atoms with Gasteiger partial charge in [-0.25, -0.2) is 0 Å². The maximum atomic E-state index is 11.5. The monoisotopic (exact) mass is 256 g/mol. The maximum Gasteiger partial charge on any atom is 0.250 e. The molecule has 92 valence electrons. The van der Waals surface area contributed by atoms with Gasteiger partial charge in [-0.3, -0.25) is 4.79 Å². The van der Waals surface area contributed by atoms with Crippen LogP contribution in [0.4, 0.5) is 11.4 Å². The van der Waals surface area contributed by atoms with E-state index in [1.165, 1.54) is 0 Å². The highest BCUT2D eigenvalue weighted by atomic mass is 35.5. The Morgan fingerprint density at radius 1 is 1.59 bits per heavy atom. The van der Waals surface area contributed by atoms with Crippen molar-refractivity contribution in [3.63, 3.8) is 0 Å². The zero-order valence-corrected chi connectivity index (χ0v) is 9.87. The topological polar surface area (TPSA) is 73.6 Å². The van der Waals surface area contributed by atoms with Crippen LogP contribution in [0.3, 0.4) is 0 Å². The summed E-state index contributed by atoms with van der Waals surface area (Å²) in [7, 11) is 0. The molecule has 1 aromatic carbocycles. The van der Waals surface area contributed by atoms with Crippen molar-refractivity contribution < 1.29 is 14.3 Å². The summed E-state index contributed by atoms with van der Waals surface area (Å²) >= 11 is 5.75. The number of anilines is 2. The first kappa shape index (κ1) is 12.2. The molecule has 17 heavy (non-hydrogen) atoms. The Kier molecular flexibility index (Phi) is 3.83. The number of halogens is 1. The van der Waals surface area contributed by atoms with Crippen molar-refractivity contribution in [2.75, 3.05) is 30.9 Å². The van der Waals surface area contributed by atoms with E-state index in [0.717, 1.165) is 0 Å². The Hall–Kier alpha value is -1.30. The van der Waals surface area contributed by atoms with Crippen LogP contribution in [-0.2, 0) is 14.3 Å². The minimum absolute atomic E-state index is 0.00388. The molecule has 1 fully saturated rings. The SMILES string of the molecule is Nc1cc(Cl)ccc1NC(=O)COC1COC1. The van der Waals surface area contributed by atoms with Crippen LogP contribution < -0.4 is 11.1 Å². The van der Waals surface area contributed by atoms with Crippen LogP contribution in [0.2, 0.25) is 5.02 Å². The molecule has 6 heteroatoms. The van der Waals surface area contributed by atoms with E-state index in [-0.39, 0.29) is 18.6 Å². The van der Waals surface area contributed by atoms with Gasteiger partial charge in [0.2, 0.25) is 5.91 Å². The van der Waals surface area contributed by atoms with Crippen LogP contribution in [0.1, 0.15) is 0 Å². The summed E-state index contributed by atoms with van der Waals surface area (Å²) in [5.74, 6) is -0.245. The quantitative estimate of drug-likeness (QED) is 0.796. The van der Waals surface area contributed by atoms with E-state index in [1.54, 1.807) is 18.2 Å². The highest BCUT2D eigenvalue weighted by molar-refractivity contribution is 6.31. The number of rotatable bonds is 4. The summed E-state index contributed by atoms with van der Waals surface area (Å²) in [6, 6.07) is 4.90. The molecule has 5 nitrogen and oxygen atoms in total. The summed E-state index contributed by atoms with van der Waals surface area (Å²) in [6.45, 7) is 1.10. The Bertz CT molecular complexity index is 421. The van der Waals surface area contributed by atoms with Crippen molar-refractivity contribution in [3.05, 3.63) is 23.2 Å². The predicted octanol–water partition coefficient (Wildman–Crippen LogP) is 1.28. The molecule has 0 spiro atoms. The van der Waals surface area contributed by atoms with E-state index in [0.29, 0.717) is 29.6 Å². The smallest absolute Gasteiger partial charge is 0.250 e. The van der Waals surface area contributed by atoms with Crippen molar-refractivity contribution in [2.24, 2.45) is 0 Å². The van der Waals surface area contributed by atoms with Crippen molar-refractivity contribution in [1.29, 1.82) is 0 Å². The molecule has 0 unspecified atom stereocenters. The van der Waals surface area contributed by atoms with Gasteiger partial charge in [0, 0.05) is 5.02 Å². The second-order valence-corrected chi connectivity index (χ2v) is 4.19. The van der Waals surface area contributed by atoms with Crippen LogP contribution in [0.25, 0.3) is 0 Å². The van der Waals surface area contributed by atoms with Gasteiger partial charge < -0.3 is 20.5 Å². The number of ether oxygens (including phenoxy) is 2. The number of nitrogens with one attached hydrogen (secondary N) is 1. The minimum Gasteiger partial charge on any atom is -0.397 e. The summed E-state index contributed by atoms with van der Waals surface area (Å²) in [6.07, 6.45) is 0.0308. The molecule has 1 saturated heterocycles. The van der Waals surface area contributed by atoms with Crippen LogP contribution in [0.15, 0.2) is 18.2 Å². The van der Waals surface area contributed by atoms with E-state index in [2.05, 4.69) is 5.32 Å². The zero-order chi connectivity index (χ0) is 12.3. The van der Waals surface area contributed by atoms with Crippen LogP contribution in [-0.4, -0.2) is 31.8 Å². The Morgan fingerprint density at radius 2 is 2.35 bits per heavy atom. The highest BCUT2D eigenvalue weighted by Crippen LogP contribution is 2.22. The fourth-order valence-electron chi connectivity index (χ4n) is 1.34. The van der Waals surface area contributed by atoms with E-state index in [1.807, 2.05) is 0 Å². The van der Waals surface area contributed by atoms with E-state index in [9.17, 15) is 4.79 Å². The lowest BCUT2D eigenvalue weighted by Gasteiger charge is -2.25. The number of hydrogen-bond donors (Lipinski definition) is 2. The molecule has 1 heterocycles. The van der Waals surface area contributed by atoms with Crippen molar-refractivity contribution in [3.8, 4) is 0 Å². The first-order valence-corrected chi connectivity index (χ1v) is 5.57. The van der Waals surface area contributed by atoms with Crippen molar-refractivity contribution >= 4 is 28.9 Å². The van der Waals surface area contributed by atoms with E-state index >= 15 is 0 Å². The molecule has 1 amide bonds. The number of benzene rings is 1. The number of carbonyl (C=O) groups excluding carboxylic acids is 1. The minimum atomic E-state index is -0.245. The van der Waals surface area contributed by atoms with Crippen LogP contribution in [0, 0.1) is 0 Å². The lowest BCUT2D eigenvalue weighted by molar-refractivity contribution is -0.144. The molecule has 0 radical (unpaired) electrons. The highest BCUT2D eigenvalue weighted by Gasteiger charge is 2.20. The van der Waals surface area contributed by atoms with Gasteiger partial charge in [0.05, 0.1) is 24.6 Å². The third kappa shape index (κ3) is 3.33. The van der Waals surface area contributed by atoms with Gasteiger partial charge in [-0.15, -0.1) is 0 Å². The number of amides is 1. The van der Waals surface area contributed by atoms with Gasteiger partial charge in [0.15, 0.2) is 0 Å². The molecule has 0 atom stereocenters. The summed E-state index contributed by atoms with van der Waals surface area (Å²) in [4.78, 5) is 11.5. The molecule has 3 N–H and O–H groups in total. The lowest BCUT2D eigenvalue weighted by atomic mass is 10.2. The average Bonchev–Trinajstić information content (AvgIpc) is 2.20. The van der Waals surface area contributed by atoms with Gasteiger partial charge >= 0.3 is 0 Å². The Labute approximate surface area is 104 Å². The molecule has 1 aliphatic rings. The normalized spacial score (nSPS) is 15.4. The number of nitrogens with two attached hydrogens (primary N) is 1. The molecule has 0 saturated carbocycles. The standard InChI is InChI=1S/C11H13ClN2O3/c12-7-1-2-10(9(13)3-7)14-11(15)6-17-8-4-16-5-8/h1-3,8H,4-6,13H2,(H,14,15). The molecule has 1 aromatic rings. The number of nitrogen functional groups attached to an aromatic ring is 1. The zero-order valence-electron chi connectivity index (χ0n) is 9.11. The molecule has 2 rings (SSSR count). The average molecular weight is 257 g/mol. The Balaban J connectivity index is 1.84. The summed E-state index contributed by atoms with van der Waals surface area (Å²) in [5, 5.41) is 3.18. The van der Waals surface area contributed by atoms with Gasteiger partial charge in [-0.1, -0.05) is 11.6 Å². The fourth-order valence-corrected chi connectivity index (χ4v) is 1.52. The Morgan fingerprint density at radius 3 is 2.94 bits per heavy atom. The lowest BCUT2D eigenvalue weighted by Crippen LogP contribution is -2.38. The van der Waals surface area contributed by atoms with Crippen LogP contribution in [0.5, 0.6) is 0 Å². The fraction of sp³-hybridized carbons (Fsp3) is 0.364. The second-order valence-electron chi connectivity index (χ2n) is 3.75. The molecular formula is C11H13ClN2O3. The molecular weight excluding hydrogens is 244 g/mol. The second kappa shape index (κ2) is 5.35. The van der Waals surface area contributed by atoms with Gasteiger partial charge in [-0.05, 0) is 18.2 Å². The molecule has 0 aromatic heterocycles. The first-order valence-electron chi connectivity index (χ1n) is 5.19. The molecule has 0 aliphatic carbocycles.